The second-order valence-electron chi connectivity index (χ2n) is 3.56. The molecule has 0 aromatic carbocycles. The number of hydrogen-bond acceptors (Lipinski definition) is 8. The van der Waals surface area contributed by atoms with Gasteiger partial charge in [-0.3, -0.25) is 0 Å². The lowest BCUT2D eigenvalue weighted by Gasteiger charge is -2.07. The summed E-state index contributed by atoms with van der Waals surface area (Å²) in [7, 11) is 1.49. The van der Waals surface area contributed by atoms with Crippen molar-refractivity contribution in [3.05, 3.63) is 12.4 Å². The quantitative estimate of drug-likeness (QED) is 0.838. The van der Waals surface area contributed by atoms with Crippen LogP contribution >= 0.6 is 0 Å². The summed E-state index contributed by atoms with van der Waals surface area (Å²) in [6.45, 7) is 2.48. The van der Waals surface area contributed by atoms with Gasteiger partial charge in [0.1, 0.15) is 0 Å². The lowest BCUT2D eigenvalue weighted by atomic mass is 10.4. The van der Waals surface area contributed by atoms with Gasteiger partial charge < -0.3 is 15.2 Å². The van der Waals surface area contributed by atoms with Crippen LogP contribution in [0.25, 0.3) is 11.5 Å². The molecule has 0 spiro atoms. The SMILES string of the molecule is CCCOc1nc(N)nc(-c2nccnc2OC)n1. The van der Waals surface area contributed by atoms with E-state index >= 15 is 0 Å². The molecular weight excluding hydrogens is 248 g/mol. The Labute approximate surface area is 110 Å². The molecule has 2 heterocycles. The Balaban J connectivity index is 2.41. The second-order valence-corrected chi connectivity index (χ2v) is 3.56. The molecular formula is C11H14N6O2. The standard InChI is InChI=1S/C11H14N6O2/c1-3-6-19-11-16-8(15-10(12)17-11)7-9(18-2)14-5-4-13-7/h4-5H,3,6H2,1-2H3,(H2,12,15,16,17). The predicted molar refractivity (Wildman–Crippen MR) is 67.6 cm³/mol. The van der Waals surface area contributed by atoms with Gasteiger partial charge in [-0.05, 0) is 6.42 Å². The molecule has 8 heteroatoms. The van der Waals surface area contributed by atoms with Crippen LogP contribution in [-0.2, 0) is 0 Å². The first-order chi connectivity index (χ1) is 9.24. The maximum atomic E-state index is 5.63. The topological polar surface area (TPSA) is 109 Å². The third-order valence-corrected chi connectivity index (χ3v) is 2.14. The smallest absolute Gasteiger partial charge is 0.321 e. The maximum absolute atomic E-state index is 5.63. The number of nitrogens with zero attached hydrogens (tertiary/aromatic N) is 5. The zero-order valence-corrected chi connectivity index (χ0v) is 10.7. The highest BCUT2D eigenvalue weighted by Gasteiger charge is 2.14. The Hall–Kier alpha value is -2.51. The van der Waals surface area contributed by atoms with Gasteiger partial charge in [-0.1, -0.05) is 6.92 Å². The molecule has 0 bridgehead atoms. The Morgan fingerprint density at radius 1 is 1.16 bits per heavy atom. The van der Waals surface area contributed by atoms with Crippen molar-refractivity contribution in [2.75, 3.05) is 19.5 Å². The molecule has 19 heavy (non-hydrogen) atoms. The molecule has 0 fully saturated rings. The highest BCUT2D eigenvalue weighted by atomic mass is 16.5. The van der Waals surface area contributed by atoms with Gasteiger partial charge in [0.05, 0.1) is 13.7 Å². The highest BCUT2D eigenvalue weighted by Crippen LogP contribution is 2.23. The van der Waals surface area contributed by atoms with Crippen LogP contribution in [-0.4, -0.2) is 38.6 Å². The van der Waals surface area contributed by atoms with E-state index in [9.17, 15) is 0 Å². The summed E-state index contributed by atoms with van der Waals surface area (Å²) in [5.41, 5.74) is 6.02. The molecule has 0 saturated heterocycles. The Kier molecular flexibility index (Phi) is 4.01. The number of methoxy groups -OCH3 is 1. The van der Waals surface area contributed by atoms with E-state index in [1.807, 2.05) is 6.92 Å². The minimum Gasteiger partial charge on any atom is -0.479 e. The Morgan fingerprint density at radius 3 is 2.68 bits per heavy atom. The van der Waals surface area contributed by atoms with Crippen LogP contribution in [0.1, 0.15) is 13.3 Å². The molecule has 2 N–H and O–H groups in total. The van der Waals surface area contributed by atoms with E-state index in [2.05, 4.69) is 24.9 Å². The summed E-state index contributed by atoms with van der Waals surface area (Å²) in [6, 6.07) is 0.164. The van der Waals surface area contributed by atoms with Gasteiger partial charge in [0, 0.05) is 12.4 Å². The number of ether oxygens (including phenoxy) is 2. The highest BCUT2D eigenvalue weighted by molar-refractivity contribution is 5.56. The van der Waals surface area contributed by atoms with Gasteiger partial charge in [0.2, 0.25) is 11.8 Å². The molecule has 2 rings (SSSR count). The average Bonchev–Trinajstić information content (AvgIpc) is 2.44. The zero-order valence-electron chi connectivity index (χ0n) is 10.7. The molecule has 0 aliphatic carbocycles. The van der Waals surface area contributed by atoms with Crippen molar-refractivity contribution >= 4 is 5.95 Å². The Bertz CT molecular complexity index is 563. The summed E-state index contributed by atoms with van der Waals surface area (Å²) in [6.07, 6.45) is 3.88. The van der Waals surface area contributed by atoms with Crippen molar-refractivity contribution in [2.24, 2.45) is 0 Å². The zero-order chi connectivity index (χ0) is 13.7. The van der Waals surface area contributed by atoms with Crippen molar-refractivity contribution < 1.29 is 9.47 Å². The number of aromatic nitrogens is 5. The van der Waals surface area contributed by atoms with Gasteiger partial charge in [0.25, 0.3) is 0 Å². The van der Waals surface area contributed by atoms with Crippen molar-refractivity contribution in [3.63, 3.8) is 0 Å². The maximum Gasteiger partial charge on any atom is 0.321 e. The molecule has 2 aromatic heterocycles. The first-order valence-electron chi connectivity index (χ1n) is 5.74. The minimum absolute atomic E-state index is 0.0591. The van der Waals surface area contributed by atoms with Crippen LogP contribution in [0, 0.1) is 0 Å². The summed E-state index contributed by atoms with van der Waals surface area (Å²) >= 11 is 0. The van der Waals surface area contributed by atoms with Gasteiger partial charge >= 0.3 is 6.01 Å². The molecule has 100 valence electrons. The third kappa shape index (κ3) is 3.03. The average molecular weight is 262 g/mol. The second kappa shape index (κ2) is 5.89. The van der Waals surface area contributed by atoms with E-state index in [0.29, 0.717) is 18.2 Å². The van der Waals surface area contributed by atoms with Crippen molar-refractivity contribution in [1.29, 1.82) is 0 Å². The molecule has 0 radical (unpaired) electrons. The molecule has 0 unspecified atom stereocenters. The number of nitrogens with two attached hydrogens (primary N) is 1. The van der Waals surface area contributed by atoms with Crippen LogP contribution in [0.2, 0.25) is 0 Å². The van der Waals surface area contributed by atoms with E-state index in [0.717, 1.165) is 6.42 Å². The molecule has 0 amide bonds. The number of nitrogen functional groups attached to an aromatic ring is 1. The van der Waals surface area contributed by atoms with Gasteiger partial charge in [-0.15, -0.1) is 0 Å². The first-order valence-corrected chi connectivity index (χ1v) is 5.74. The lowest BCUT2D eigenvalue weighted by molar-refractivity contribution is 0.292. The predicted octanol–water partition coefficient (Wildman–Crippen LogP) is 0.708. The first kappa shape index (κ1) is 12.9. The summed E-state index contributed by atoms with van der Waals surface area (Å²) < 4.78 is 10.4. The van der Waals surface area contributed by atoms with Crippen molar-refractivity contribution in [3.8, 4) is 23.4 Å². The van der Waals surface area contributed by atoms with E-state index in [1.54, 1.807) is 0 Å². The van der Waals surface area contributed by atoms with Crippen LogP contribution in [0.15, 0.2) is 12.4 Å². The summed E-state index contributed by atoms with van der Waals surface area (Å²) in [5, 5.41) is 0. The van der Waals surface area contributed by atoms with Crippen LogP contribution < -0.4 is 15.2 Å². The molecule has 0 aliphatic rings. The summed E-state index contributed by atoms with van der Waals surface area (Å²) in [4.78, 5) is 20.2. The fourth-order valence-corrected chi connectivity index (χ4v) is 1.36. The van der Waals surface area contributed by atoms with Gasteiger partial charge in [0.15, 0.2) is 11.5 Å². The van der Waals surface area contributed by atoms with Gasteiger partial charge in [-0.25, -0.2) is 9.97 Å². The van der Waals surface area contributed by atoms with Crippen LogP contribution in [0.3, 0.4) is 0 Å². The third-order valence-electron chi connectivity index (χ3n) is 2.14. The molecule has 8 nitrogen and oxygen atoms in total. The molecule has 2 aromatic rings. The fourth-order valence-electron chi connectivity index (χ4n) is 1.36. The van der Waals surface area contributed by atoms with Gasteiger partial charge in [-0.2, -0.15) is 15.0 Å². The number of rotatable bonds is 5. The molecule has 0 saturated carbocycles. The van der Waals surface area contributed by atoms with E-state index in [1.165, 1.54) is 19.5 Å². The molecule has 0 aliphatic heterocycles. The summed E-state index contributed by atoms with van der Waals surface area (Å²) in [5.74, 6) is 0.641. The van der Waals surface area contributed by atoms with E-state index in [-0.39, 0.29) is 17.8 Å². The molecule has 0 atom stereocenters. The van der Waals surface area contributed by atoms with Crippen molar-refractivity contribution in [2.45, 2.75) is 13.3 Å². The van der Waals surface area contributed by atoms with Crippen LogP contribution in [0.4, 0.5) is 5.95 Å². The van der Waals surface area contributed by atoms with E-state index in [4.69, 9.17) is 15.2 Å². The normalized spacial score (nSPS) is 10.2. The monoisotopic (exact) mass is 262 g/mol. The van der Waals surface area contributed by atoms with E-state index < -0.39 is 0 Å². The Morgan fingerprint density at radius 2 is 1.95 bits per heavy atom. The minimum atomic E-state index is 0.0591. The largest absolute Gasteiger partial charge is 0.479 e. The number of anilines is 1. The fraction of sp³-hybridized carbons (Fsp3) is 0.364. The number of hydrogen-bond donors (Lipinski definition) is 1. The van der Waals surface area contributed by atoms with Crippen molar-refractivity contribution in [1.82, 2.24) is 24.9 Å². The lowest BCUT2D eigenvalue weighted by Crippen LogP contribution is -2.07. The van der Waals surface area contributed by atoms with Crippen LogP contribution in [0.5, 0.6) is 11.9 Å².